The van der Waals surface area contributed by atoms with Crippen LogP contribution < -0.4 is 5.56 Å². The SMILES string of the molecule is CC(=O)N1N=C(c2c(O)n(C)c(=S)n(C)c2=O)CC1c1ccc(Br)cc1. The monoisotopic (exact) mass is 436 g/mol. The summed E-state index contributed by atoms with van der Waals surface area (Å²) >= 11 is 8.53. The highest BCUT2D eigenvalue weighted by molar-refractivity contribution is 9.10. The number of hydrogen-bond donors (Lipinski definition) is 1. The van der Waals surface area contributed by atoms with Crippen molar-refractivity contribution >= 4 is 39.8 Å². The van der Waals surface area contributed by atoms with Gasteiger partial charge in [0.25, 0.3) is 5.56 Å². The molecule has 1 amide bonds. The van der Waals surface area contributed by atoms with Gasteiger partial charge in [-0.1, -0.05) is 28.1 Å². The first-order valence-corrected chi connectivity index (χ1v) is 9.04. The van der Waals surface area contributed by atoms with Gasteiger partial charge in [0, 0.05) is 31.9 Å². The van der Waals surface area contributed by atoms with Gasteiger partial charge in [-0.25, -0.2) is 5.01 Å². The molecule has 3 rings (SSSR count). The molecule has 2 heterocycles. The molecule has 0 fully saturated rings. The van der Waals surface area contributed by atoms with Gasteiger partial charge in [0.1, 0.15) is 5.56 Å². The van der Waals surface area contributed by atoms with E-state index in [0.29, 0.717) is 12.1 Å². The Morgan fingerprint density at radius 3 is 2.46 bits per heavy atom. The van der Waals surface area contributed by atoms with Gasteiger partial charge >= 0.3 is 0 Å². The van der Waals surface area contributed by atoms with Crippen LogP contribution in [0.25, 0.3) is 0 Å². The minimum Gasteiger partial charge on any atom is -0.494 e. The maximum atomic E-state index is 12.6. The molecule has 26 heavy (non-hydrogen) atoms. The van der Waals surface area contributed by atoms with Crippen LogP contribution in [-0.4, -0.2) is 30.9 Å². The molecule has 9 heteroatoms. The number of benzene rings is 1. The maximum absolute atomic E-state index is 12.6. The summed E-state index contributed by atoms with van der Waals surface area (Å²) in [6.45, 7) is 1.42. The summed E-state index contributed by atoms with van der Waals surface area (Å²) in [7, 11) is 3.11. The topological polar surface area (TPSA) is 79.8 Å². The minimum absolute atomic E-state index is 0.0643. The third-order valence-electron chi connectivity index (χ3n) is 4.41. The lowest BCUT2D eigenvalue weighted by molar-refractivity contribution is -0.130. The fraction of sp³-hybridized carbons (Fsp3) is 0.294. The molecule has 0 bridgehead atoms. The van der Waals surface area contributed by atoms with Gasteiger partial charge in [0.15, 0.2) is 4.77 Å². The van der Waals surface area contributed by atoms with Crippen LogP contribution in [0, 0.1) is 4.77 Å². The van der Waals surface area contributed by atoms with Crippen LogP contribution in [0.1, 0.15) is 30.5 Å². The summed E-state index contributed by atoms with van der Waals surface area (Å²) in [6, 6.07) is 7.22. The first-order valence-electron chi connectivity index (χ1n) is 7.84. The van der Waals surface area contributed by atoms with Gasteiger partial charge in [-0.3, -0.25) is 18.7 Å². The maximum Gasteiger partial charge on any atom is 0.267 e. The summed E-state index contributed by atoms with van der Waals surface area (Å²) in [5, 5.41) is 16.1. The molecule has 7 nitrogen and oxygen atoms in total. The molecule has 0 saturated heterocycles. The highest BCUT2D eigenvalue weighted by atomic mass is 79.9. The van der Waals surface area contributed by atoms with Crippen LogP contribution in [-0.2, 0) is 18.9 Å². The Kier molecular flexibility index (Phi) is 4.85. The zero-order valence-corrected chi connectivity index (χ0v) is 16.8. The summed E-state index contributed by atoms with van der Waals surface area (Å²) < 4.78 is 3.74. The molecular formula is C17H17BrN4O3S. The third kappa shape index (κ3) is 3.01. The van der Waals surface area contributed by atoms with Crippen LogP contribution >= 0.6 is 28.1 Å². The number of aromatic hydroxyl groups is 1. The predicted octanol–water partition coefficient (Wildman–Crippen LogP) is 2.62. The number of hydrogen-bond acceptors (Lipinski definition) is 5. The van der Waals surface area contributed by atoms with Gasteiger partial charge in [-0.2, -0.15) is 5.10 Å². The van der Waals surface area contributed by atoms with E-state index in [2.05, 4.69) is 21.0 Å². The van der Waals surface area contributed by atoms with E-state index in [4.69, 9.17) is 12.2 Å². The number of carbonyl (C=O) groups is 1. The third-order valence-corrected chi connectivity index (χ3v) is 5.49. The average molecular weight is 437 g/mol. The Morgan fingerprint density at radius 1 is 1.27 bits per heavy atom. The van der Waals surface area contributed by atoms with E-state index in [9.17, 15) is 14.7 Å². The quantitative estimate of drug-likeness (QED) is 0.733. The zero-order valence-electron chi connectivity index (χ0n) is 14.4. The van der Waals surface area contributed by atoms with E-state index in [1.54, 1.807) is 7.05 Å². The molecule has 136 valence electrons. The Labute approximate surface area is 163 Å². The fourth-order valence-corrected chi connectivity index (χ4v) is 3.42. The van der Waals surface area contributed by atoms with Gasteiger partial charge in [-0.15, -0.1) is 0 Å². The molecule has 1 atom stereocenters. The molecular weight excluding hydrogens is 420 g/mol. The lowest BCUT2D eigenvalue weighted by Gasteiger charge is -2.20. The van der Waals surface area contributed by atoms with Crippen molar-refractivity contribution in [1.82, 2.24) is 14.1 Å². The molecule has 1 aliphatic rings. The van der Waals surface area contributed by atoms with Crippen molar-refractivity contribution in [3.8, 4) is 5.88 Å². The second-order valence-electron chi connectivity index (χ2n) is 6.09. The molecule has 1 aliphatic heterocycles. The van der Waals surface area contributed by atoms with Crippen molar-refractivity contribution in [3.63, 3.8) is 0 Å². The standard InChI is InChI=1S/C17H17BrN4O3S/c1-9(23)22-13(10-4-6-11(18)7-5-10)8-12(19-22)14-15(24)20(2)17(26)21(3)16(14)25/h4-7,13,24H,8H2,1-3H3. The molecule has 1 unspecified atom stereocenters. The van der Waals surface area contributed by atoms with Crippen molar-refractivity contribution in [3.05, 3.63) is 55.0 Å². The minimum atomic E-state index is -0.440. The van der Waals surface area contributed by atoms with E-state index in [0.717, 1.165) is 10.0 Å². The van der Waals surface area contributed by atoms with Gasteiger partial charge < -0.3 is 5.11 Å². The van der Waals surface area contributed by atoms with E-state index in [-0.39, 0.29) is 28.2 Å². The Hall–Kier alpha value is -2.26. The normalized spacial score (nSPS) is 16.7. The zero-order chi connectivity index (χ0) is 19.2. The Balaban J connectivity index is 2.12. The van der Waals surface area contributed by atoms with Crippen molar-refractivity contribution in [2.75, 3.05) is 0 Å². The highest BCUT2D eigenvalue weighted by Gasteiger charge is 2.34. The molecule has 2 aromatic rings. The first-order chi connectivity index (χ1) is 12.2. The van der Waals surface area contributed by atoms with Crippen molar-refractivity contribution in [2.24, 2.45) is 19.2 Å². The molecule has 0 spiro atoms. The van der Waals surface area contributed by atoms with Crippen molar-refractivity contribution in [1.29, 1.82) is 0 Å². The molecule has 0 radical (unpaired) electrons. The summed E-state index contributed by atoms with van der Waals surface area (Å²) in [4.78, 5) is 24.7. The lowest BCUT2D eigenvalue weighted by Crippen LogP contribution is -2.28. The summed E-state index contributed by atoms with van der Waals surface area (Å²) in [5.74, 6) is -0.495. The highest BCUT2D eigenvalue weighted by Crippen LogP contribution is 2.34. The number of rotatable bonds is 2. The molecule has 1 aromatic carbocycles. The summed E-state index contributed by atoms with van der Waals surface area (Å²) in [5.41, 5.74) is 0.873. The number of amides is 1. The van der Waals surface area contributed by atoms with Crippen LogP contribution in [0.3, 0.4) is 0 Å². The summed E-state index contributed by atoms with van der Waals surface area (Å²) in [6.07, 6.45) is 0.320. The molecule has 0 saturated carbocycles. The molecule has 0 aliphatic carbocycles. The number of aromatic nitrogens is 2. The van der Waals surface area contributed by atoms with Gasteiger partial charge in [-0.05, 0) is 29.9 Å². The first kappa shape index (κ1) is 18.5. The second kappa shape index (κ2) is 6.81. The fourth-order valence-electron chi connectivity index (χ4n) is 2.98. The van der Waals surface area contributed by atoms with Crippen molar-refractivity contribution < 1.29 is 9.90 Å². The Bertz CT molecular complexity index is 1040. The van der Waals surface area contributed by atoms with Crippen LogP contribution in [0.2, 0.25) is 0 Å². The number of nitrogens with zero attached hydrogens (tertiary/aromatic N) is 4. The predicted molar refractivity (Wildman–Crippen MR) is 104 cm³/mol. The smallest absolute Gasteiger partial charge is 0.267 e. The largest absolute Gasteiger partial charge is 0.494 e. The molecule has 1 N–H and O–H groups in total. The molecule has 1 aromatic heterocycles. The van der Waals surface area contributed by atoms with Crippen LogP contribution in [0.4, 0.5) is 0 Å². The Morgan fingerprint density at radius 2 is 1.88 bits per heavy atom. The van der Waals surface area contributed by atoms with Crippen molar-refractivity contribution in [2.45, 2.75) is 19.4 Å². The van der Waals surface area contributed by atoms with E-state index < -0.39 is 5.56 Å². The van der Waals surface area contributed by atoms with Crippen LogP contribution in [0.5, 0.6) is 5.88 Å². The lowest BCUT2D eigenvalue weighted by atomic mass is 9.99. The number of halogens is 1. The second-order valence-corrected chi connectivity index (χ2v) is 7.37. The number of carbonyl (C=O) groups excluding carboxylic acids is 1. The van der Waals surface area contributed by atoms with E-state index in [1.807, 2.05) is 24.3 Å². The van der Waals surface area contributed by atoms with E-state index >= 15 is 0 Å². The van der Waals surface area contributed by atoms with E-state index in [1.165, 1.54) is 28.1 Å². The number of hydrazone groups is 1. The van der Waals surface area contributed by atoms with Crippen LogP contribution in [0.15, 0.2) is 38.6 Å². The van der Waals surface area contributed by atoms with Gasteiger partial charge in [0.05, 0.1) is 11.8 Å². The van der Waals surface area contributed by atoms with Gasteiger partial charge in [0.2, 0.25) is 11.8 Å². The average Bonchev–Trinajstić information content (AvgIpc) is 3.04.